The number of anilines is 1. The third kappa shape index (κ3) is 5.08. The van der Waals surface area contributed by atoms with E-state index < -0.39 is 0 Å². The van der Waals surface area contributed by atoms with Crippen LogP contribution in [0.25, 0.3) is 6.08 Å². The van der Waals surface area contributed by atoms with E-state index in [4.69, 9.17) is 23.8 Å². The highest BCUT2D eigenvalue weighted by Crippen LogP contribution is 2.37. The van der Waals surface area contributed by atoms with E-state index in [2.05, 4.69) is 9.80 Å². The molecule has 11 heteroatoms. The fourth-order valence-corrected chi connectivity index (χ4v) is 5.92. The van der Waals surface area contributed by atoms with Crippen LogP contribution >= 0.6 is 35.6 Å². The zero-order valence-corrected chi connectivity index (χ0v) is 22.4. The van der Waals surface area contributed by atoms with Crippen molar-refractivity contribution in [2.24, 2.45) is 7.05 Å². The first-order valence-electron chi connectivity index (χ1n) is 11.5. The van der Waals surface area contributed by atoms with Crippen LogP contribution < -0.4 is 10.5 Å². The molecule has 2 aliphatic heterocycles. The number of thioether (sulfide) groups is 1. The highest BCUT2D eigenvalue weighted by atomic mass is 35.5. The summed E-state index contributed by atoms with van der Waals surface area (Å²) in [5.41, 5.74) is 1.67. The van der Waals surface area contributed by atoms with Gasteiger partial charge in [-0.3, -0.25) is 24.0 Å². The maximum atomic E-state index is 13.4. The smallest absolute Gasteiger partial charge is 0.270 e. The summed E-state index contributed by atoms with van der Waals surface area (Å²) in [5.74, 6) is 0.423. The fraction of sp³-hybridized carbons (Fsp3) is 0.360. The summed E-state index contributed by atoms with van der Waals surface area (Å²) in [6.45, 7) is 5.44. The van der Waals surface area contributed by atoms with E-state index in [9.17, 15) is 20.0 Å². The standard InChI is InChI=1S/C25H26ClN5O3S2/c1-16-18(13-21-24(34)31(25(35)36-21)15-17-5-3-4-6-20(17)26)22(28(2)23(33)19(16)14-27)30-9-7-29(8-10-30)11-12-32/h3-6,13,32H,7-12,15H2,1-2H3/b21-13-. The molecule has 0 unspecified atom stereocenters. The predicted octanol–water partition coefficient (Wildman–Crippen LogP) is 2.73. The monoisotopic (exact) mass is 543 g/mol. The van der Waals surface area contributed by atoms with Crippen molar-refractivity contribution in [3.8, 4) is 6.07 Å². The van der Waals surface area contributed by atoms with Gasteiger partial charge in [-0.2, -0.15) is 5.26 Å². The Morgan fingerprint density at radius 1 is 1.22 bits per heavy atom. The first kappa shape index (κ1) is 26.4. The van der Waals surface area contributed by atoms with E-state index in [1.807, 2.05) is 24.3 Å². The van der Waals surface area contributed by atoms with Crippen molar-refractivity contribution < 1.29 is 9.90 Å². The van der Waals surface area contributed by atoms with Gasteiger partial charge in [0, 0.05) is 50.4 Å². The van der Waals surface area contributed by atoms with Crippen LogP contribution in [0.3, 0.4) is 0 Å². The Morgan fingerprint density at radius 3 is 2.56 bits per heavy atom. The topological polar surface area (TPSA) is 92.8 Å². The lowest BCUT2D eigenvalue weighted by molar-refractivity contribution is -0.122. The summed E-state index contributed by atoms with van der Waals surface area (Å²) in [6, 6.07) is 9.35. The second-order valence-corrected chi connectivity index (χ2v) is 10.7. The molecule has 1 aromatic heterocycles. The summed E-state index contributed by atoms with van der Waals surface area (Å²) in [7, 11) is 1.65. The number of nitrogens with zero attached hydrogens (tertiary/aromatic N) is 5. The van der Waals surface area contributed by atoms with Gasteiger partial charge in [0.05, 0.1) is 18.1 Å². The largest absolute Gasteiger partial charge is 0.395 e. The molecule has 0 saturated carbocycles. The number of carbonyl (C=O) groups is 1. The first-order chi connectivity index (χ1) is 17.3. The normalized spacial score (nSPS) is 17.8. The average Bonchev–Trinajstić information content (AvgIpc) is 3.12. The SMILES string of the molecule is Cc1c(/C=C2\SC(=S)N(Cc3ccccc3Cl)C2=O)c(N2CCN(CCO)CC2)n(C)c(=O)c1C#N. The Bertz CT molecular complexity index is 1340. The lowest BCUT2D eigenvalue weighted by atomic mass is 10.0. The lowest BCUT2D eigenvalue weighted by Crippen LogP contribution is -2.49. The number of amides is 1. The van der Waals surface area contributed by atoms with E-state index >= 15 is 0 Å². The van der Waals surface area contributed by atoms with Gasteiger partial charge >= 0.3 is 0 Å². The third-order valence-corrected chi connectivity index (χ3v) is 8.24. The van der Waals surface area contributed by atoms with Crippen LogP contribution in [0.15, 0.2) is 34.0 Å². The molecule has 1 amide bonds. The second-order valence-electron chi connectivity index (χ2n) is 8.62. The number of nitriles is 1. The Hall–Kier alpha value is -2.68. The molecule has 0 spiro atoms. The van der Waals surface area contributed by atoms with Crippen molar-refractivity contribution >= 4 is 57.7 Å². The van der Waals surface area contributed by atoms with E-state index in [-0.39, 0.29) is 30.2 Å². The fourth-order valence-electron chi connectivity index (χ4n) is 4.48. The second kappa shape index (κ2) is 11.2. The Morgan fingerprint density at radius 2 is 1.92 bits per heavy atom. The van der Waals surface area contributed by atoms with Crippen LogP contribution in [0.1, 0.15) is 22.3 Å². The van der Waals surface area contributed by atoms with Crippen molar-refractivity contribution in [1.82, 2.24) is 14.4 Å². The van der Waals surface area contributed by atoms with E-state index in [0.29, 0.717) is 50.8 Å². The number of piperazine rings is 1. The number of aliphatic hydroxyl groups is 1. The molecule has 2 aliphatic rings. The number of hydrogen-bond donors (Lipinski definition) is 1. The number of thiocarbonyl (C=S) groups is 1. The molecule has 3 heterocycles. The lowest BCUT2D eigenvalue weighted by Gasteiger charge is -2.37. The minimum Gasteiger partial charge on any atom is -0.395 e. The molecule has 8 nitrogen and oxygen atoms in total. The summed E-state index contributed by atoms with van der Waals surface area (Å²) in [4.78, 5) is 32.6. The zero-order valence-electron chi connectivity index (χ0n) is 20.0. The summed E-state index contributed by atoms with van der Waals surface area (Å²) >= 11 is 13.0. The minimum atomic E-state index is -0.369. The van der Waals surface area contributed by atoms with Gasteiger partial charge in [0.15, 0.2) is 0 Å². The van der Waals surface area contributed by atoms with Gasteiger partial charge in [0.25, 0.3) is 11.5 Å². The molecule has 188 valence electrons. The minimum absolute atomic E-state index is 0.0537. The van der Waals surface area contributed by atoms with Crippen LogP contribution in [-0.4, -0.2) is 69.0 Å². The van der Waals surface area contributed by atoms with Gasteiger partial charge in [-0.05, 0) is 30.2 Å². The van der Waals surface area contributed by atoms with Gasteiger partial charge in [-0.1, -0.05) is 53.8 Å². The maximum absolute atomic E-state index is 13.4. The average molecular weight is 544 g/mol. The van der Waals surface area contributed by atoms with Crippen molar-refractivity contribution in [2.75, 3.05) is 44.2 Å². The van der Waals surface area contributed by atoms with Crippen molar-refractivity contribution in [3.05, 3.63) is 66.8 Å². The van der Waals surface area contributed by atoms with Crippen molar-refractivity contribution in [2.45, 2.75) is 13.5 Å². The van der Waals surface area contributed by atoms with Gasteiger partial charge in [-0.25, -0.2) is 0 Å². The Balaban J connectivity index is 1.73. The number of pyridine rings is 1. The molecule has 0 aliphatic carbocycles. The molecule has 2 aromatic rings. The quantitative estimate of drug-likeness (QED) is 0.439. The summed E-state index contributed by atoms with van der Waals surface area (Å²) in [6.07, 6.45) is 1.75. The summed E-state index contributed by atoms with van der Waals surface area (Å²) < 4.78 is 1.91. The summed E-state index contributed by atoms with van der Waals surface area (Å²) in [5, 5.41) is 19.5. The van der Waals surface area contributed by atoms with E-state index in [1.54, 1.807) is 26.1 Å². The number of benzene rings is 1. The number of aliphatic hydroxyl groups excluding tert-OH is 1. The molecule has 2 saturated heterocycles. The number of hydrogen-bond acceptors (Lipinski definition) is 8. The van der Waals surface area contributed by atoms with Gasteiger partial charge in [0.2, 0.25) is 0 Å². The number of aromatic nitrogens is 1. The van der Waals surface area contributed by atoms with E-state index in [1.165, 1.54) is 21.2 Å². The van der Waals surface area contributed by atoms with Crippen LogP contribution in [0.4, 0.5) is 5.82 Å². The van der Waals surface area contributed by atoms with Crippen molar-refractivity contribution in [3.63, 3.8) is 0 Å². The highest BCUT2D eigenvalue weighted by molar-refractivity contribution is 8.26. The molecule has 36 heavy (non-hydrogen) atoms. The van der Waals surface area contributed by atoms with Gasteiger partial charge in [-0.15, -0.1) is 0 Å². The Kier molecular flexibility index (Phi) is 8.17. The molecular formula is C25H26ClN5O3S2. The number of rotatable bonds is 6. The molecule has 1 N–H and O–H groups in total. The number of β-amino-alcohol motifs (C(OH)–C–C–N with tert-alkyl or cyclic N) is 1. The third-order valence-electron chi connectivity index (χ3n) is 6.49. The van der Waals surface area contributed by atoms with Gasteiger partial charge in [0.1, 0.15) is 21.8 Å². The number of halogens is 1. The Labute approximate surface area is 224 Å². The molecule has 0 radical (unpaired) electrons. The molecule has 4 rings (SSSR count). The van der Waals surface area contributed by atoms with Crippen LogP contribution in [0, 0.1) is 18.3 Å². The van der Waals surface area contributed by atoms with E-state index in [0.717, 1.165) is 18.7 Å². The van der Waals surface area contributed by atoms with Gasteiger partial charge < -0.3 is 10.0 Å². The predicted molar refractivity (Wildman–Crippen MR) is 147 cm³/mol. The van der Waals surface area contributed by atoms with Crippen LogP contribution in [0.5, 0.6) is 0 Å². The van der Waals surface area contributed by atoms with Crippen LogP contribution in [0.2, 0.25) is 5.02 Å². The van der Waals surface area contributed by atoms with Crippen LogP contribution in [-0.2, 0) is 18.4 Å². The molecule has 2 fully saturated rings. The highest BCUT2D eigenvalue weighted by Gasteiger charge is 2.34. The number of carbonyl (C=O) groups excluding carboxylic acids is 1. The first-order valence-corrected chi connectivity index (χ1v) is 13.1. The maximum Gasteiger partial charge on any atom is 0.270 e. The molecule has 0 bridgehead atoms. The zero-order chi connectivity index (χ0) is 26.0. The molecule has 0 atom stereocenters. The van der Waals surface area contributed by atoms with Crippen molar-refractivity contribution in [1.29, 1.82) is 5.26 Å². The molecular weight excluding hydrogens is 518 g/mol. The molecule has 1 aromatic carbocycles.